The van der Waals surface area contributed by atoms with Crippen molar-refractivity contribution in [1.82, 2.24) is 0 Å². The Morgan fingerprint density at radius 3 is 1.78 bits per heavy atom. The maximum atomic E-state index is 13.1. The van der Waals surface area contributed by atoms with E-state index in [1.165, 1.54) is 0 Å². The molecule has 0 saturated carbocycles. The zero-order valence-electron chi connectivity index (χ0n) is 12.9. The molecule has 0 N–H and O–H groups in total. The normalized spacial score (nSPS) is 13.8. The van der Waals surface area contributed by atoms with Crippen molar-refractivity contribution in [3.05, 3.63) is 34.7 Å². The fourth-order valence-electron chi connectivity index (χ4n) is 2.06. The quantitative estimate of drug-likeness (QED) is 0.270. The van der Waals surface area contributed by atoms with Crippen LogP contribution in [0.3, 0.4) is 0 Å². The highest BCUT2D eigenvalue weighted by molar-refractivity contribution is 7.38. The number of hydrogen-bond donors (Lipinski definition) is 0. The molecular formula is C14H16BF7S. The second-order valence-electron chi connectivity index (χ2n) is 6.00. The summed E-state index contributed by atoms with van der Waals surface area (Å²) in [5.41, 5.74) is -3.36. The van der Waals surface area contributed by atoms with E-state index in [0.29, 0.717) is 15.0 Å². The Hall–Kier alpha value is -1.25. The van der Waals surface area contributed by atoms with Gasteiger partial charge in [-0.3, -0.25) is 0 Å². The number of benzene rings is 1. The molecule has 0 saturated heterocycles. The molecule has 0 nitrogen and oxygen atoms in total. The minimum atomic E-state index is -6.00. The van der Waals surface area contributed by atoms with E-state index in [4.69, 9.17) is 0 Å². The molecule has 0 radical (unpaired) electrons. The van der Waals surface area contributed by atoms with Crippen LogP contribution in [0.15, 0.2) is 24.3 Å². The van der Waals surface area contributed by atoms with Crippen molar-refractivity contribution in [2.45, 2.75) is 38.6 Å². The molecule has 0 fully saturated rings. The van der Waals surface area contributed by atoms with Crippen LogP contribution in [0.25, 0.3) is 10.1 Å². The maximum absolute atomic E-state index is 13.1. The summed E-state index contributed by atoms with van der Waals surface area (Å²) in [5.74, 6) is 0. The van der Waals surface area contributed by atoms with Crippen LogP contribution < -0.4 is 0 Å². The molecule has 1 heterocycles. The SMILES string of the molecule is Cc1cc2ccc(C(C)(C)C)cc2[s+]1C(F)(F)F.F[B-](F)(F)F. The van der Waals surface area contributed by atoms with E-state index < -0.39 is 23.2 Å². The minimum Gasteiger partial charge on any atom is -0.418 e. The number of aryl methyl sites for hydroxylation is 1. The van der Waals surface area contributed by atoms with Crippen molar-refractivity contribution in [1.29, 1.82) is 0 Å². The third-order valence-electron chi connectivity index (χ3n) is 3.01. The Morgan fingerprint density at radius 2 is 1.39 bits per heavy atom. The highest BCUT2D eigenvalue weighted by Crippen LogP contribution is 2.51. The molecule has 1 aromatic heterocycles. The van der Waals surface area contributed by atoms with E-state index in [1.54, 1.807) is 25.1 Å². The Bertz CT molecular complexity index is 671. The molecular weight excluding hydrogens is 344 g/mol. The summed E-state index contributed by atoms with van der Waals surface area (Å²) in [6.07, 6.45) is 0. The first-order valence-corrected chi connectivity index (χ1v) is 7.84. The van der Waals surface area contributed by atoms with E-state index in [0.717, 1.165) is 5.56 Å². The van der Waals surface area contributed by atoms with Crippen molar-refractivity contribution < 1.29 is 30.4 Å². The Labute approximate surface area is 132 Å². The van der Waals surface area contributed by atoms with Gasteiger partial charge < -0.3 is 17.3 Å². The second-order valence-corrected chi connectivity index (χ2v) is 8.16. The molecule has 23 heavy (non-hydrogen) atoms. The average Bonchev–Trinajstić information content (AvgIpc) is 2.59. The van der Waals surface area contributed by atoms with Gasteiger partial charge in [-0.15, -0.1) is 13.2 Å². The summed E-state index contributed by atoms with van der Waals surface area (Å²) in [5, 5.41) is 0.709. The average molecular weight is 360 g/mol. The molecule has 1 unspecified atom stereocenters. The third-order valence-corrected chi connectivity index (χ3v) is 5.03. The van der Waals surface area contributed by atoms with Gasteiger partial charge in [-0.1, -0.05) is 26.8 Å². The molecule has 1 aromatic carbocycles. The van der Waals surface area contributed by atoms with Gasteiger partial charge in [-0.2, -0.15) is 0 Å². The van der Waals surface area contributed by atoms with E-state index in [-0.39, 0.29) is 5.41 Å². The van der Waals surface area contributed by atoms with E-state index >= 15 is 0 Å². The van der Waals surface area contributed by atoms with Crippen LogP contribution >= 0.6 is 10.5 Å². The number of rotatable bonds is 0. The van der Waals surface area contributed by atoms with Crippen LogP contribution in [-0.2, 0) is 10.9 Å². The van der Waals surface area contributed by atoms with Crippen molar-refractivity contribution in [2.24, 2.45) is 0 Å². The van der Waals surface area contributed by atoms with Crippen molar-refractivity contribution in [3.63, 3.8) is 0 Å². The lowest BCUT2D eigenvalue weighted by Crippen LogP contribution is -2.10. The lowest BCUT2D eigenvalue weighted by molar-refractivity contribution is -0.0867. The lowest BCUT2D eigenvalue weighted by Gasteiger charge is -2.18. The smallest absolute Gasteiger partial charge is 0.418 e. The Morgan fingerprint density at radius 1 is 0.913 bits per heavy atom. The first-order chi connectivity index (χ1) is 10.1. The fraction of sp³-hybridized carbons (Fsp3) is 0.429. The molecule has 0 spiro atoms. The van der Waals surface area contributed by atoms with Crippen LogP contribution in [-0.4, -0.2) is 7.25 Å². The van der Waals surface area contributed by atoms with Crippen molar-refractivity contribution in [2.75, 3.05) is 0 Å². The minimum absolute atomic E-state index is 0.133. The summed E-state index contributed by atoms with van der Waals surface area (Å²) < 4.78 is 78.7. The summed E-state index contributed by atoms with van der Waals surface area (Å²) in [7, 11) is -7.75. The molecule has 0 amide bonds. The zero-order chi connectivity index (χ0) is 18.2. The Balaban J connectivity index is 0.000000463. The number of fused-ring (bicyclic) bond motifs is 1. The molecule has 0 aliphatic rings. The van der Waals surface area contributed by atoms with Crippen LogP contribution in [0.4, 0.5) is 30.4 Å². The molecule has 1 atom stereocenters. The number of alkyl halides is 3. The molecule has 9 heteroatoms. The van der Waals surface area contributed by atoms with Gasteiger partial charge in [0.1, 0.15) is 0 Å². The number of hydrogen-bond acceptors (Lipinski definition) is 0. The standard InChI is InChI=1S/C14H16F3S.BF4/c1-9-7-10-5-6-11(13(2,3)4)8-12(10)18(9)14(15,16)17;2-1(3,4)5/h5-8H,1-4H3;/q+1;-1. The van der Waals surface area contributed by atoms with E-state index in [9.17, 15) is 30.4 Å². The number of halogens is 7. The van der Waals surface area contributed by atoms with Gasteiger partial charge in [0.15, 0.2) is 9.58 Å². The van der Waals surface area contributed by atoms with Crippen molar-refractivity contribution >= 4 is 27.8 Å². The molecule has 0 bridgehead atoms. The first-order valence-electron chi connectivity index (χ1n) is 6.62. The maximum Gasteiger partial charge on any atom is 0.673 e. The topological polar surface area (TPSA) is 0 Å². The fourth-order valence-corrected chi connectivity index (χ4v) is 3.87. The van der Waals surface area contributed by atoms with E-state index in [2.05, 4.69) is 0 Å². The van der Waals surface area contributed by atoms with Gasteiger partial charge in [0.2, 0.25) is 0 Å². The predicted molar refractivity (Wildman–Crippen MR) is 81.3 cm³/mol. The summed E-state index contributed by atoms with van der Waals surface area (Å²) in [6, 6.07) is 7.10. The van der Waals surface area contributed by atoms with Gasteiger partial charge in [-0.25, -0.2) is 0 Å². The summed E-state index contributed by atoms with van der Waals surface area (Å²) in [6.45, 7) is 7.59. The van der Waals surface area contributed by atoms with Gasteiger partial charge >= 0.3 is 12.8 Å². The van der Waals surface area contributed by atoms with Crippen LogP contribution in [0.2, 0.25) is 0 Å². The first kappa shape index (κ1) is 19.8. The summed E-state index contributed by atoms with van der Waals surface area (Å²) in [4.78, 5) is 0.406. The van der Waals surface area contributed by atoms with Crippen LogP contribution in [0.5, 0.6) is 0 Å². The number of thiophene rings is 1. The van der Waals surface area contributed by atoms with Gasteiger partial charge in [0.05, 0.1) is 10.5 Å². The Kier molecular flexibility index (Phi) is 5.45. The van der Waals surface area contributed by atoms with Crippen LogP contribution in [0, 0.1) is 6.92 Å². The monoisotopic (exact) mass is 360 g/mol. The van der Waals surface area contributed by atoms with Gasteiger partial charge in [0, 0.05) is 24.4 Å². The highest BCUT2D eigenvalue weighted by atomic mass is 32.2. The van der Waals surface area contributed by atoms with Crippen molar-refractivity contribution in [3.8, 4) is 0 Å². The van der Waals surface area contributed by atoms with Gasteiger partial charge in [0.25, 0.3) is 0 Å². The van der Waals surface area contributed by atoms with Gasteiger partial charge in [-0.05, 0) is 17.0 Å². The molecule has 2 aromatic rings. The molecule has 0 aliphatic carbocycles. The highest BCUT2D eigenvalue weighted by Gasteiger charge is 2.47. The van der Waals surface area contributed by atoms with E-state index in [1.807, 2.05) is 26.8 Å². The second kappa shape index (κ2) is 6.34. The zero-order valence-corrected chi connectivity index (χ0v) is 13.8. The van der Waals surface area contributed by atoms with Crippen LogP contribution in [0.1, 0.15) is 31.2 Å². The third kappa shape index (κ3) is 5.71. The molecule has 0 aliphatic heterocycles. The lowest BCUT2D eigenvalue weighted by atomic mass is 9.87. The largest absolute Gasteiger partial charge is 0.673 e. The summed E-state index contributed by atoms with van der Waals surface area (Å²) >= 11 is 0. The predicted octanol–water partition coefficient (Wildman–Crippen LogP) is 6.97. The molecule has 130 valence electrons. The molecule has 2 rings (SSSR count).